The van der Waals surface area contributed by atoms with E-state index in [0.29, 0.717) is 34.5 Å². The van der Waals surface area contributed by atoms with E-state index in [2.05, 4.69) is 41.3 Å². The van der Waals surface area contributed by atoms with Crippen molar-refractivity contribution in [1.29, 1.82) is 0 Å². The first-order chi connectivity index (χ1) is 19.2. The Hall–Kier alpha value is -4.07. The molecular formula is C27H24BrN5O5S2. The molecule has 3 aromatic carbocycles. The van der Waals surface area contributed by atoms with Crippen LogP contribution >= 0.6 is 28.1 Å². The van der Waals surface area contributed by atoms with Gasteiger partial charge in [-0.15, -0.1) is 0 Å². The van der Waals surface area contributed by atoms with Crippen molar-refractivity contribution >= 4 is 60.7 Å². The number of hydrogen-bond acceptors (Lipinski definition) is 8. The Morgan fingerprint density at radius 1 is 1.00 bits per heavy atom. The van der Waals surface area contributed by atoms with Crippen LogP contribution in [0.15, 0.2) is 94.6 Å². The quantitative estimate of drug-likeness (QED) is 0.209. The summed E-state index contributed by atoms with van der Waals surface area (Å²) in [6, 6.07) is 22.2. The molecule has 0 spiro atoms. The summed E-state index contributed by atoms with van der Waals surface area (Å²) in [4.78, 5) is 20.7. The number of aromatic nitrogens is 2. The third-order valence-electron chi connectivity index (χ3n) is 5.42. The molecule has 0 saturated heterocycles. The molecule has 1 amide bonds. The van der Waals surface area contributed by atoms with Crippen molar-refractivity contribution in [2.75, 3.05) is 23.8 Å². The van der Waals surface area contributed by atoms with Crippen LogP contribution in [0, 0.1) is 0 Å². The van der Waals surface area contributed by atoms with E-state index in [1.54, 1.807) is 18.2 Å². The molecule has 4 aromatic rings. The Bertz CT molecular complexity index is 1600. The maximum atomic E-state index is 13.0. The van der Waals surface area contributed by atoms with Gasteiger partial charge in [0.1, 0.15) is 17.9 Å². The Morgan fingerprint density at radius 2 is 1.75 bits per heavy atom. The van der Waals surface area contributed by atoms with Gasteiger partial charge in [-0.1, -0.05) is 46.3 Å². The van der Waals surface area contributed by atoms with Crippen LogP contribution in [0.5, 0.6) is 11.6 Å². The average Bonchev–Trinajstić information content (AvgIpc) is 2.94. The molecule has 0 atom stereocenters. The van der Waals surface area contributed by atoms with Crippen molar-refractivity contribution in [3.05, 3.63) is 101 Å². The highest BCUT2D eigenvalue weighted by Crippen LogP contribution is 2.24. The molecule has 0 radical (unpaired) electrons. The van der Waals surface area contributed by atoms with Gasteiger partial charge in [-0.2, -0.15) is 0 Å². The summed E-state index contributed by atoms with van der Waals surface area (Å²) in [6.45, 7) is 0.392. The number of thiocarbonyl (C=S) groups is 1. The van der Waals surface area contributed by atoms with Crippen molar-refractivity contribution in [3.8, 4) is 11.6 Å². The topological polar surface area (TPSA) is 132 Å². The predicted octanol–water partition coefficient (Wildman–Crippen LogP) is 4.80. The van der Waals surface area contributed by atoms with Crippen molar-refractivity contribution in [1.82, 2.24) is 15.3 Å². The number of carbonyl (C=O) groups excluding carboxylic acids is 1. The van der Waals surface area contributed by atoms with Gasteiger partial charge in [0.05, 0.1) is 24.2 Å². The first-order valence-electron chi connectivity index (χ1n) is 11.8. The number of amides is 1. The fourth-order valence-corrected chi connectivity index (χ4v) is 5.05. The number of halogens is 1. The number of hydrogen-bond donors (Lipinski definition) is 3. The van der Waals surface area contributed by atoms with E-state index in [1.165, 1.54) is 43.8 Å². The summed E-state index contributed by atoms with van der Waals surface area (Å²) in [5, 5.41) is 5.54. The molecule has 0 saturated carbocycles. The highest BCUT2D eigenvalue weighted by atomic mass is 79.9. The van der Waals surface area contributed by atoms with E-state index in [9.17, 15) is 13.2 Å². The van der Waals surface area contributed by atoms with Gasteiger partial charge >= 0.3 is 0 Å². The molecule has 0 fully saturated rings. The van der Waals surface area contributed by atoms with Gasteiger partial charge in [-0.25, -0.2) is 18.4 Å². The van der Waals surface area contributed by atoms with E-state index in [1.807, 2.05) is 30.3 Å². The van der Waals surface area contributed by atoms with Gasteiger partial charge in [-0.3, -0.25) is 14.8 Å². The molecule has 1 aromatic heterocycles. The highest BCUT2D eigenvalue weighted by molar-refractivity contribution is 9.10. The highest BCUT2D eigenvalue weighted by Gasteiger charge is 2.17. The predicted molar refractivity (Wildman–Crippen MR) is 159 cm³/mol. The molecule has 4 rings (SSSR count). The second kappa shape index (κ2) is 13.3. The lowest BCUT2D eigenvalue weighted by atomic mass is 10.1. The zero-order valence-electron chi connectivity index (χ0n) is 21.1. The summed E-state index contributed by atoms with van der Waals surface area (Å²) in [5.41, 5.74) is 1.90. The van der Waals surface area contributed by atoms with E-state index >= 15 is 0 Å². The number of anilines is 2. The minimum Gasteiger partial charge on any atom is -0.492 e. The third kappa shape index (κ3) is 7.97. The number of nitrogens with one attached hydrogen (secondary N) is 3. The smallest absolute Gasteiger partial charge is 0.263 e. The number of methoxy groups -OCH3 is 1. The van der Waals surface area contributed by atoms with Crippen LogP contribution < -0.4 is 24.8 Å². The zero-order valence-corrected chi connectivity index (χ0v) is 24.3. The second-order valence-electron chi connectivity index (χ2n) is 8.21. The van der Waals surface area contributed by atoms with Crippen molar-refractivity contribution in [2.45, 2.75) is 11.3 Å². The zero-order chi connectivity index (χ0) is 28.5. The Morgan fingerprint density at radius 3 is 2.48 bits per heavy atom. The summed E-state index contributed by atoms with van der Waals surface area (Å²) >= 11 is 8.69. The van der Waals surface area contributed by atoms with Gasteiger partial charge in [0.25, 0.3) is 15.9 Å². The molecule has 0 bridgehead atoms. The maximum Gasteiger partial charge on any atom is 0.263 e. The number of sulfonamides is 1. The molecule has 40 heavy (non-hydrogen) atoms. The van der Waals surface area contributed by atoms with Gasteiger partial charge < -0.3 is 14.8 Å². The summed E-state index contributed by atoms with van der Waals surface area (Å²) in [5.74, 6) is 0.241. The number of carbonyl (C=O) groups is 1. The van der Waals surface area contributed by atoms with E-state index in [0.717, 1.165) is 5.56 Å². The van der Waals surface area contributed by atoms with Crippen LogP contribution in [0.2, 0.25) is 0 Å². The molecular weight excluding hydrogens is 618 g/mol. The Balaban J connectivity index is 1.36. The fraction of sp³-hybridized carbons (Fsp3) is 0.111. The average molecular weight is 643 g/mol. The van der Waals surface area contributed by atoms with Crippen LogP contribution in [0.1, 0.15) is 15.9 Å². The van der Waals surface area contributed by atoms with Gasteiger partial charge in [0.2, 0.25) is 5.88 Å². The normalized spacial score (nSPS) is 10.8. The van der Waals surface area contributed by atoms with Crippen molar-refractivity contribution in [2.24, 2.45) is 0 Å². The number of rotatable bonds is 10. The van der Waals surface area contributed by atoms with Crippen LogP contribution in [0.3, 0.4) is 0 Å². The number of benzene rings is 3. The second-order valence-corrected chi connectivity index (χ2v) is 11.2. The summed E-state index contributed by atoms with van der Waals surface area (Å²) in [7, 11) is -2.50. The van der Waals surface area contributed by atoms with E-state index < -0.39 is 15.9 Å². The van der Waals surface area contributed by atoms with Crippen LogP contribution in [-0.2, 0) is 16.4 Å². The van der Waals surface area contributed by atoms with E-state index in [-0.39, 0.29) is 21.7 Å². The van der Waals surface area contributed by atoms with Gasteiger partial charge in [-0.05, 0) is 60.2 Å². The number of nitrogens with zero attached hydrogens (tertiary/aromatic N) is 2. The molecule has 13 heteroatoms. The van der Waals surface area contributed by atoms with Crippen molar-refractivity contribution < 1.29 is 22.7 Å². The molecule has 0 aliphatic rings. The van der Waals surface area contributed by atoms with Crippen molar-refractivity contribution in [3.63, 3.8) is 0 Å². The first kappa shape index (κ1) is 28.9. The molecule has 0 aliphatic carbocycles. The lowest BCUT2D eigenvalue weighted by Crippen LogP contribution is -2.34. The van der Waals surface area contributed by atoms with Gasteiger partial charge in [0, 0.05) is 22.6 Å². The SMILES string of the molecule is COc1cc(NS(=O)(=O)c2ccc(NC(=S)NC(=O)c3cc(Br)ccc3OCCc3ccccc3)cc2)ncn1. The Kier molecular flexibility index (Phi) is 9.64. The van der Waals surface area contributed by atoms with Crippen LogP contribution in [0.25, 0.3) is 0 Å². The standard InChI is InChI=1S/C27H24BrN5O5S2/c1-37-25-16-24(29-17-30-25)33-40(35,36)21-10-8-20(9-11-21)31-27(39)32-26(34)22-15-19(28)7-12-23(22)38-14-13-18-5-3-2-4-6-18/h2-12,15-17H,13-14H2,1H3,(H,29,30,33)(H2,31,32,34,39). The van der Waals surface area contributed by atoms with Crippen LogP contribution in [-0.4, -0.2) is 43.1 Å². The summed E-state index contributed by atoms with van der Waals surface area (Å²) < 4.78 is 39.4. The molecule has 0 unspecified atom stereocenters. The van der Waals surface area contributed by atoms with E-state index in [4.69, 9.17) is 21.7 Å². The molecule has 3 N–H and O–H groups in total. The molecule has 206 valence electrons. The molecule has 10 nitrogen and oxygen atoms in total. The lowest BCUT2D eigenvalue weighted by molar-refractivity contribution is 0.0973. The minimum atomic E-state index is -3.92. The van der Waals surface area contributed by atoms with Crippen LogP contribution in [0.4, 0.5) is 11.5 Å². The molecule has 1 heterocycles. The summed E-state index contributed by atoms with van der Waals surface area (Å²) in [6.07, 6.45) is 1.87. The fourth-order valence-electron chi connectivity index (χ4n) is 3.48. The van der Waals surface area contributed by atoms with Gasteiger partial charge in [0.15, 0.2) is 5.11 Å². The Labute approximate surface area is 245 Å². The monoisotopic (exact) mass is 641 g/mol. The largest absolute Gasteiger partial charge is 0.492 e. The lowest BCUT2D eigenvalue weighted by Gasteiger charge is -2.14. The minimum absolute atomic E-state index is 0.00277. The first-order valence-corrected chi connectivity index (χ1v) is 14.5. The number of ether oxygens (including phenoxy) is 2. The third-order valence-corrected chi connectivity index (χ3v) is 7.48. The molecule has 0 aliphatic heterocycles. The maximum absolute atomic E-state index is 13.0.